The van der Waals surface area contributed by atoms with E-state index in [9.17, 15) is 0 Å². The first-order valence-corrected chi connectivity index (χ1v) is 7.23. The van der Waals surface area contributed by atoms with Crippen LogP contribution in [0.2, 0.25) is 0 Å². The quantitative estimate of drug-likeness (QED) is 0.623. The Morgan fingerprint density at radius 2 is 2.17 bits per heavy atom. The molecule has 2 rings (SSSR count). The lowest BCUT2D eigenvalue weighted by molar-refractivity contribution is 0.300. The summed E-state index contributed by atoms with van der Waals surface area (Å²) in [6, 6.07) is 0.261. The van der Waals surface area contributed by atoms with E-state index < -0.39 is 0 Å². The molecule has 0 bridgehead atoms. The molecule has 1 fully saturated rings. The molecule has 1 aliphatic carbocycles. The van der Waals surface area contributed by atoms with Crippen molar-refractivity contribution in [1.82, 2.24) is 15.2 Å². The van der Waals surface area contributed by atoms with E-state index in [4.69, 9.17) is 5.84 Å². The van der Waals surface area contributed by atoms with E-state index in [0.29, 0.717) is 0 Å². The highest BCUT2D eigenvalue weighted by Crippen LogP contribution is 2.32. The van der Waals surface area contributed by atoms with Gasteiger partial charge in [0.15, 0.2) is 0 Å². The van der Waals surface area contributed by atoms with Gasteiger partial charge in [0, 0.05) is 24.8 Å². The average Bonchev–Trinajstić information content (AvgIpc) is 2.78. The Bertz CT molecular complexity index is 366. The zero-order chi connectivity index (χ0) is 13.0. The molecule has 4 heteroatoms. The Hall–Kier alpha value is -0.870. The largest absolute Gasteiger partial charge is 0.275 e. The monoisotopic (exact) mass is 250 g/mol. The molecule has 0 spiro atoms. The van der Waals surface area contributed by atoms with Crippen LogP contribution in [0.4, 0.5) is 0 Å². The van der Waals surface area contributed by atoms with Crippen molar-refractivity contribution in [3.8, 4) is 0 Å². The van der Waals surface area contributed by atoms with Crippen molar-refractivity contribution < 1.29 is 0 Å². The molecule has 1 unspecified atom stereocenters. The minimum atomic E-state index is 0.261. The molecule has 102 valence electrons. The minimum Gasteiger partial charge on any atom is -0.275 e. The number of nitrogens with one attached hydrogen (secondary N) is 1. The molecule has 1 heterocycles. The Morgan fingerprint density at radius 3 is 2.78 bits per heavy atom. The van der Waals surface area contributed by atoms with E-state index in [1.807, 2.05) is 11.7 Å². The first kappa shape index (κ1) is 13.6. The number of rotatable bonds is 5. The highest BCUT2D eigenvalue weighted by molar-refractivity contribution is 5.21. The third-order valence-electron chi connectivity index (χ3n) is 4.14. The van der Waals surface area contributed by atoms with Crippen molar-refractivity contribution in [2.75, 3.05) is 0 Å². The lowest BCUT2D eigenvalue weighted by Crippen LogP contribution is -2.30. The van der Waals surface area contributed by atoms with Crippen LogP contribution in [0.5, 0.6) is 0 Å². The predicted octanol–water partition coefficient (Wildman–Crippen LogP) is 2.46. The van der Waals surface area contributed by atoms with Crippen LogP contribution in [-0.2, 0) is 13.5 Å². The molecular weight excluding hydrogens is 224 g/mol. The first-order chi connectivity index (χ1) is 8.74. The van der Waals surface area contributed by atoms with Crippen LogP contribution in [0.1, 0.15) is 62.7 Å². The smallest absolute Gasteiger partial charge is 0.0670 e. The molecule has 1 aromatic rings. The van der Waals surface area contributed by atoms with Crippen LogP contribution in [0.25, 0.3) is 0 Å². The van der Waals surface area contributed by atoms with E-state index in [-0.39, 0.29) is 6.04 Å². The molecule has 4 nitrogen and oxygen atoms in total. The van der Waals surface area contributed by atoms with Gasteiger partial charge < -0.3 is 0 Å². The highest BCUT2D eigenvalue weighted by atomic mass is 15.3. The second kappa shape index (κ2) is 6.34. The molecule has 1 saturated carbocycles. The fraction of sp³-hybridized carbons (Fsp3) is 0.786. The van der Waals surface area contributed by atoms with Gasteiger partial charge in [0.2, 0.25) is 0 Å². The van der Waals surface area contributed by atoms with Crippen LogP contribution in [-0.4, -0.2) is 9.78 Å². The SMILES string of the molecule is CCc1nn(C)cc1C(CC1CCCCC1)NN. The number of hydrogen-bond donors (Lipinski definition) is 2. The standard InChI is InChI=1S/C14H26N4/c1-3-13-12(10-18(2)17-13)14(16-15)9-11-7-5-4-6-8-11/h10-11,14,16H,3-9,15H2,1-2H3. The van der Waals surface area contributed by atoms with Gasteiger partial charge in [-0.05, 0) is 18.8 Å². The maximum atomic E-state index is 5.77. The molecule has 0 aromatic carbocycles. The van der Waals surface area contributed by atoms with Gasteiger partial charge in [-0.1, -0.05) is 39.0 Å². The Labute approximate surface area is 110 Å². The molecule has 1 aromatic heterocycles. The molecule has 0 aliphatic heterocycles. The van der Waals surface area contributed by atoms with Gasteiger partial charge in [-0.3, -0.25) is 16.0 Å². The molecule has 3 N–H and O–H groups in total. The van der Waals surface area contributed by atoms with Gasteiger partial charge >= 0.3 is 0 Å². The number of aryl methyl sites for hydroxylation is 2. The zero-order valence-electron chi connectivity index (χ0n) is 11.7. The third-order valence-corrected chi connectivity index (χ3v) is 4.14. The van der Waals surface area contributed by atoms with Crippen LogP contribution >= 0.6 is 0 Å². The van der Waals surface area contributed by atoms with Crippen LogP contribution < -0.4 is 11.3 Å². The Morgan fingerprint density at radius 1 is 1.44 bits per heavy atom. The average molecular weight is 250 g/mol. The topological polar surface area (TPSA) is 55.9 Å². The maximum Gasteiger partial charge on any atom is 0.0670 e. The maximum absolute atomic E-state index is 5.77. The first-order valence-electron chi connectivity index (χ1n) is 7.23. The lowest BCUT2D eigenvalue weighted by atomic mass is 9.83. The number of hydrogen-bond acceptors (Lipinski definition) is 3. The highest BCUT2D eigenvalue weighted by Gasteiger charge is 2.22. The lowest BCUT2D eigenvalue weighted by Gasteiger charge is -2.26. The van der Waals surface area contributed by atoms with E-state index in [2.05, 4.69) is 23.6 Å². The van der Waals surface area contributed by atoms with Gasteiger partial charge in [0.25, 0.3) is 0 Å². The van der Waals surface area contributed by atoms with Gasteiger partial charge in [0.05, 0.1) is 5.69 Å². The Balaban J connectivity index is 2.06. The van der Waals surface area contributed by atoms with Crippen molar-refractivity contribution >= 4 is 0 Å². The molecule has 0 amide bonds. The number of hydrazine groups is 1. The molecule has 1 atom stereocenters. The molecule has 0 saturated heterocycles. The second-order valence-corrected chi connectivity index (χ2v) is 5.52. The van der Waals surface area contributed by atoms with E-state index in [1.165, 1.54) is 43.4 Å². The number of nitrogens with zero attached hydrogens (tertiary/aromatic N) is 2. The molecule has 1 aliphatic rings. The van der Waals surface area contributed by atoms with E-state index >= 15 is 0 Å². The van der Waals surface area contributed by atoms with Crippen LogP contribution in [0.15, 0.2) is 6.20 Å². The molecular formula is C14H26N4. The van der Waals surface area contributed by atoms with E-state index in [0.717, 1.165) is 18.8 Å². The summed E-state index contributed by atoms with van der Waals surface area (Å²) in [7, 11) is 1.98. The Kier molecular flexibility index (Phi) is 4.78. The minimum absolute atomic E-state index is 0.261. The van der Waals surface area contributed by atoms with Crippen LogP contribution in [0.3, 0.4) is 0 Å². The van der Waals surface area contributed by atoms with Crippen molar-refractivity contribution in [1.29, 1.82) is 0 Å². The van der Waals surface area contributed by atoms with E-state index in [1.54, 1.807) is 0 Å². The second-order valence-electron chi connectivity index (χ2n) is 5.52. The summed E-state index contributed by atoms with van der Waals surface area (Å²) in [4.78, 5) is 0. The van der Waals surface area contributed by atoms with Crippen LogP contribution in [0, 0.1) is 5.92 Å². The summed E-state index contributed by atoms with van der Waals surface area (Å²) in [6.07, 6.45) is 11.1. The number of aromatic nitrogens is 2. The summed E-state index contributed by atoms with van der Waals surface area (Å²) in [5.41, 5.74) is 5.46. The third kappa shape index (κ3) is 3.12. The van der Waals surface area contributed by atoms with Crippen molar-refractivity contribution in [3.63, 3.8) is 0 Å². The van der Waals surface area contributed by atoms with Gasteiger partial charge in [-0.25, -0.2) is 0 Å². The van der Waals surface area contributed by atoms with Gasteiger partial charge in [-0.2, -0.15) is 5.10 Å². The summed E-state index contributed by atoms with van der Waals surface area (Å²) < 4.78 is 1.90. The van der Waals surface area contributed by atoms with Crippen molar-refractivity contribution in [2.24, 2.45) is 18.8 Å². The summed E-state index contributed by atoms with van der Waals surface area (Å²) in [6.45, 7) is 2.15. The molecule has 18 heavy (non-hydrogen) atoms. The van der Waals surface area contributed by atoms with Gasteiger partial charge in [-0.15, -0.1) is 0 Å². The van der Waals surface area contributed by atoms with Gasteiger partial charge in [0.1, 0.15) is 0 Å². The summed E-state index contributed by atoms with van der Waals surface area (Å²) in [5.74, 6) is 6.59. The predicted molar refractivity (Wildman–Crippen MR) is 73.8 cm³/mol. The number of nitrogens with two attached hydrogens (primary N) is 1. The fourth-order valence-electron chi connectivity index (χ4n) is 3.16. The normalized spacial score (nSPS) is 19.1. The zero-order valence-corrected chi connectivity index (χ0v) is 11.7. The summed E-state index contributed by atoms with van der Waals surface area (Å²) >= 11 is 0. The summed E-state index contributed by atoms with van der Waals surface area (Å²) in [5, 5.41) is 4.51. The molecule has 0 radical (unpaired) electrons. The fourth-order valence-corrected chi connectivity index (χ4v) is 3.16. The van der Waals surface area contributed by atoms with Crippen molar-refractivity contribution in [3.05, 3.63) is 17.5 Å². The van der Waals surface area contributed by atoms with Crippen molar-refractivity contribution in [2.45, 2.75) is 57.9 Å².